The maximum Gasteiger partial charge on any atom is 0.0871 e. The zero-order chi connectivity index (χ0) is 9.14. The number of carboxylic acids is 2. The number of hydrogen-bond donors (Lipinski definition) is 1. The third-order valence-corrected chi connectivity index (χ3v) is 1.64. The Kier molecular flexibility index (Phi) is 2.32. The van der Waals surface area contributed by atoms with Crippen LogP contribution in [0.4, 0.5) is 0 Å². The first-order valence-electron chi connectivity index (χ1n) is 3.50. The number of carbonyl (C=O) groups excluding carboxylic acids is 2. The van der Waals surface area contributed by atoms with Crippen LogP contribution in [0.2, 0.25) is 0 Å². The molecule has 1 unspecified atom stereocenters. The highest BCUT2D eigenvalue weighted by atomic mass is 16.4. The fourth-order valence-corrected chi connectivity index (χ4v) is 1.03. The van der Waals surface area contributed by atoms with Crippen molar-refractivity contribution in [2.75, 3.05) is 0 Å². The normalized spacial score (nSPS) is 22.3. The van der Waals surface area contributed by atoms with Gasteiger partial charge in [0, 0.05) is 0 Å². The van der Waals surface area contributed by atoms with Gasteiger partial charge in [0.05, 0.1) is 23.7 Å². The zero-order valence-corrected chi connectivity index (χ0v) is 6.20. The van der Waals surface area contributed by atoms with Gasteiger partial charge in [0.2, 0.25) is 0 Å². The van der Waals surface area contributed by atoms with Crippen molar-refractivity contribution in [1.82, 2.24) is 5.32 Å². The van der Waals surface area contributed by atoms with Crippen molar-refractivity contribution < 1.29 is 19.8 Å². The average Bonchev–Trinajstić information content (AvgIpc) is 2.04. The van der Waals surface area contributed by atoms with E-state index in [4.69, 9.17) is 0 Å². The molecule has 0 fully saturated rings. The van der Waals surface area contributed by atoms with Crippen molar-refractivity contribution in [3.8, 4) is 0 Å². The molecule has 0 bridgehead atoms. The van der Waals surface area contributed by atoms with Crippen molar-refractivity contribution in [3.63, 3.8) is 0 Å². The third kappa shape index (κ3) is 1.75. The molecule has 5 heteroatoms. The Morgan fingerprint density at radius 3 is 2.67 bits per heavy atom. The summed E-state index contributed by atoms with van der Waals surface area (Å²) in [5.41, 5.74) is -0.171. The van der Waals surface area contributed by atoms with Crippen molar-refractivity contribution in [2.45, 2.75) is 18.9 Å². The maximum atomic E-state index is 10.3. The van der Waals surface area contributed by atoms with Gasteiger partial charge in [-0.2, -0.15) is 0 Å². The largest absolute Gasteiger partial charge is 0.548 e. The van der Waals surface area contributed by atoms with E-state index in [1.807, 2.05) is 0 Å². The number of aliphatic carboxylic acids is 2. The summed E-state index contributed by atoms with van der Waals surface area (Å²) in [6.07, 6.45) is 2.16. The monoisotopic (exact) mass is 169 g/mol. The van der Waals surface area contributed by atoms with Crippen LogP contribution >= 0.6 is 0 Å². The van der Waals surface area contributed by atoms with Crippen molar-refractivity contribution in [1.29, 1.82) is 0 Å². The Labute approximate surface area is 68.7 Å². The van der Waals surface area contributed by atoms with E-state index in [1.165, 1.54) is 6.08 Å². The Balaban J connectivity index is 2.65. The molecule has 12 heavy (non-hydrogen) atoms. The van der Waals surface area contributed by atoms with Gasteiger partial charge < -0.3 is 25.1 Å². The Morgan fingerprint density at radius 1 is 1.50 bits per heavy atom. The van der Waals surface area contributed by atoms with Crippen LogP contribution in [0.5, 0.6) is 0 Å². The molecule has 1 N–H and O–H groups in total. The van der Waals surface area contributed by atoms with Crippen LogP contribution in [0.3, 0.4) is 0 Å². The van der Waals surface area contributed by atoms with Crippen LogP contribution < -0.4 is 15.5 Å². The molecule has 0 saturated heterocycles. The first kappa shape index (κ1) is 8.58. The summed E-state index contributed by atoms with van der Waals surface area (Å²) in [4.78, 5) is 20.6. The fraction of sp³-hybridized carbons (Fsp3) is 0.429. The molecule has 0 saturated carbocycles. The van der Waals surface area contributed by atoms with Crippen LogP contribution in [-0.4, -0.2) is 18.0 Å². The molecular formula is C7H7NO4-2. The van der Waals surface area contributed by atoms with E-state index in [1.54, 1.807) is 0 Å². The highest BCUT2D eigenvalue weighted by Crippen LogP contribution is 2.08. The molecule has 0 radical (unpaired) electrons. The molecule has 0 spiro atoms. The predicted octanol–water partition coefficient (Wildman–Crippen LogP) is -2.88. The quantitative estimate of drug-likeness (QED) is 0.479. The van der Waals surface area contributed by atoms with Crippen LogP contribution in [0.1, 0.15) is 12.8 Å². The molecule has 1 atom stereocenters. The van der Waals surface area contributed by atoms with E-state index in [-0.39, 0.29) is 5.70 Å². The molecule has 1 aliphatic rings. The lowest BCUT2D eigenvalue weighted by atomic mass is 10.1. The topological polar surface area (TPSA) is 92.3 Å². The molecule has 1 rings (SSSR count). The second-order valence-electron chi connectivity index (χ2n) is 2.50. The van der Waals surface area contributed by atoms with Gasteiger partial charge in [-0.15, -0.1) is 0 Å². The molecule has 0 aromatic rings. The molecule has 1 heterocycles. The van der Waals surface area contributed by atoms with E-state index >= 15 is 0 Å². The highest BCUT2D eigenvalue weighted by molar-refractivity contribution is 5.85. The number of nitrogens with one attached hydrogen (secondary N) is 1. The van der Waals surface area contributed by atoms with E-state index < -0.39 is 18.0 Å². The minimum atomic E-state index is -1.39. The van der Waals surface area contributed by atoms with Crippen molar-refractivity contribution >= 4 is 11.9 Å². The summed E-state index contributed by atoms with van der Waals surface area (Å²) in [7, 11) is 0. The van der Waals surface area contributed by atoms with E-state index in [9.17, 15) is 19.8 Å². The summed E-state index contributed by atoms with van der Waals surface area (Å²) in [6, 6.07) is -0.914. The average molecular weight is 169 g/mol. The minimum absolute atomic E-state index is 0.171. The van der Waals surface area contributed by atoms with Gasteiger partial charge in [0.1, 0.15) is 0 Å². The third-order valence-electron chi connectivity index (χ3n) is 1.64. The Hall–Kier alpha value is -1.52. The SMILES string of the molecule is O=C([O-])C1=CCCC(C(=O)[O-])N1. The lowest BCUT2D eigenvalue weighted by Gasteiger charge is -2.26. The Bertz CT molecular complexity index is 246. The van der Waals surface area contributed by atoms with Gasteiger partial charge in [-0.05, 0) is 12.8 Å². The number of allylic oxidation sites excluding steroid dienone is 1. The summed E-state index contributed by atoms with van der Waals surface area (Å²) in [5, 5.41) is 22.9. The molecule has 0 aliphatic carbocycles. The standard InChI is InChI=1S/C7H9NO4/c9-6(10)4-2-1-3-5(8-4)7(11)12/h2,5,8H,1,3H2,(H,9,10)(H,11,12)/p-2. The van der Waals surface area contributed by atoms with Gasteiger partial charge in [0.25, 0.3) is 0 Å². The number of carbonyl (C=O) groups is 2. The van der Waals surface area contributed by atoms with Crippen LogP contribution in [-0.2, 0) is 9.59 Å². The summed E-state index contributed by atoms with van der Waals surface area (Å²) >= 11 is 0. The first-order chi connectivity index (χ1) is 5.61. The summed E-state index contributed by atoms with van der Waals surface area (Å²) in [6.45, 7) is 0. The number of rotatable bonds is 2. The highest BCUT2D eigenvalue weighted by Gasteiger charge is 2.14. The summed E-state index contributed by atoms with van der Waals surface area (Å²) < 4.78 is 0. The van der Waals surface area contributed by atoms with Gasteiger partial charge in [-0.25, -0.2) is 0 Å². The number of hydrogen-bond acceptors (Lipinski definition) is 5. The van der Waals surface area contributed by atoms with E-state index in [2.05, 4.69) is 5.32 Å². The second kappa shape index (κ2) is 3.25. The lowest BCUT2D eigenvalue weighted by Crippen LogP contribution is -2.49. The van der Waals surface area contributed by atoms with Crippen LogP contribution in [0.15, 0.2) is 11.8 Å². The van der Waals surface area contributed by atoms with E-state index in [0.29, 0.717) is 12.8 Å². The van der Waals surface area contributed by atoms with Gasteiger partial charge in [-0.3, -0.25) is 0 Å². The Morgan fingerprint density at radius 2 is 2.17 bits per heavy atom. The van der Waals surface area contributed by atoms with Gasteiger partial charge in [0.15, 0.2) is 0 Å². The van der Waals surface area contributed by atoms with Gasteiger partial charge >= 0.3 is 0 Å². The maximum absolute atomic E-state index is 10.3. The van der Waals surface area contributed by atoms with Gasteiger partial charge in [-0.1, -0.05) is 6.08 Å². The molecule has 1 aliphatic heterocycles. The molecule has 0 amide bonds. The molecule has 66 valence electrons. The first-order valence-corrected chi connectivity index (χ1v) is 3.50. The molecule has 5 nitrogen and oxygen atoms in total. The molecule has 0 aromatic heterocycles. The second-order valence-corrected chi connectivity index (χ2v) is 2.50. The van der Waals surface area contributed by atoms with E-state index in [0.717, 1.165) is 0 Å². The molecular weight excluding hydrogens is 162 g/mol. The van der Waals surface area contributed by atoms with Crippen molar-refractivity contribution in [2.24, 2.45) is 0 Å². The van der Waals surface area contributed by atoms with Crippen LogP contribution in [0, 0.1) is 0 Å². The minimum Gasteiger partial charge on any atom is -0.548 e. The molecule has 0 aromatic carbocycles. The smallest absolute Gasteiger partial charge is 0.0871 e. The summed E-state index contributed by atoms with van der Waals surface area (Å²) in [5.74, 6) is -2.68. The van der Waals surface area contributed by atoms with Crippen LogP contribution in [0.25, 0.3) is 0 Å². The fourth-order valence-electron chi connectivity index (χ4n) is 1.03. The lowest BCUT2D eigenvalue weighted by molar-refractivity contribution is -0.309. The zero-order valence-electron chi connectivity index (χ0n) is 6.20. The predicted molar refractivity (Wildman–Crippen MR) is 34.3 cm³/mol. The van der Waals surface area contributed by atoms with Crippen molar-refractivity contribution in [3.05, 3.63) is 11.8 Å². The number of carboxylic acid groups (broad SMARTS) is 2.